The number of hydrogen-bond acceptors (Lipinski definition) is 2. The smallest absolute Gasteiger partial charge is 0.211 e. The molecule has 0 N–H and O–H groups in total. The van der Waals surface area contributed by atoms with Crippen LogP contribution in [-0.4, -0.2) is 6.08 Å². The van der Waals surface area contributed by atoms with Crippen LogP contribution in [0.15, 0.2) is 17.1 Å². The van der Waals surface area contributed by atoms with Crippen molar-refractivity contribution in [2.75, 3.05) is 0 Å². The Balaban J connectivity index is 3.42. The first-order chi connectivity index (χ1) is 5.66. The van der Waals surface area contributed by atoms with Gasteiger partial charge in [0.2, 0.25) is 6.08 Å². The van der Waals surface area contributed by atoms with Crippen LogP contribution in [0.1, 0.15) is 0 Å². The number of rotatable bonds is 1. The minimum atomic E-state index is -1.24. The standard InChI is InChI=1S/C7H2ClF2NO/c8-4-1-2-5(9)6(10)7(4)11-3-12/h1-2H. The molecule has 12 heavy (non-hydrogen) atoms. The lowest BCUT2D eigenvalue weighted by Crippen LogP contribution is -1.84. The van der Waals surface area contributed by atoms with Gasteiger partial charge in [-0.3, -0.25) is 0 Å². The molecule has 1 rings (SSSR count). The molecule has 0 heterocycles. The normalized spacial score (nSPS) is 9.25. The molecular weight excluding hydrogens is 188 g/mol. The molecule has 0 amide bonds. The van der Waals surface area contributed by atoms with E-state index in [9.17, 15) is 13.6 Å². The van der Waals surface area contributed by atoms with Crippen LogP contribution < -0.4 is 0 Å². The van der Waals surface area contributed by atoms with Crippen LogP contribution in [0, 0.1) is 11.6 Å². The molecule has 0 unspecified atom stereocenters. The first-order valence-corrected chi connectivity index (χ1v) is 3.26. The lowest BCUT2D eigenvalue weighted by atomic mass is 10.3. The highest BCUT2D eigenvalue weighted by Crippen LogP contribution is 2.28. The molecular formula is C7H2ClF2NO. The molecule has 0 saturated carbocycles. The zero-order chi connectivity index (χ0) is 9.14. The van der Waals surface area contributed by atoms with Crippen LogP contribution in [0.25, 0.3) is 0 Å². The Kier molecular flexibility index (Phi) is 2.53. The number of aliphatic imine (C=N–C) groups is 1. The summed E-state index contributed by atoms with van der Waals surface area (Å²) in [5.74, 6) is -2.35. The van der Waals surface area contributed by atoms with Gasteiger partial charge in [0.15, 0.2) is 11.6 Å². The Bertz CT molecular complexity index is 361. The van der Waals surface area contributed by atoms with Gasteiger partial charge in [0.25, 0.3) is 0 Å². The highest BCUT2D eigenvalue weighted by Gasteiger charge is 2.10. The monoisotopic (exact) mass is 189 g/mol. The molecule has 0 radical (unpaired) electrons. The quantitative estimate of drug-likeness (QED) is 0.379. The number of nitrogens with zero attached hydrogens (tertiary/aromatic N) is 1. The Morgan fingerprint density at radius 2 is 2.08 bits per heavy atom. The third-order valence-corrected chi connectivity index (χ3v) is 1.48. The van der Waals surface area contributed by atoms with E-state index in [-0.39, 0.29) is 5.02 Å². The van der Waals surface area contributed by atoms with Crippen LogP contribution in [0.2, 0.25) is 5.02 Å². The van der Waals surface area contributed by atoms with Crippen molar-refractivity contribution in [2.45, 2.75) is 0 Å². The predicted molar refractivity (Wildman–Crippen MR) is 39.1 cm³/mol. The van der Waals surface area contributed by atoms with Crippen molar-refractivity contribution < 1.29 is 13.6 Å². The minimum Gasteiger partial charge on any atom is -0.211 e. The van der Waals surface area contributed by atoms with Gasteiger partial charge in [-0.15, -0.1) is 0 Å². The van der Waals surface area contributed by atoms with Crippen molar-refractivity contribution in [2.24, 2.45) is 4.99 Å². The fourth-order valence-electron chi connectivity index (χ4n) is 0.665. The fraction of sp³-hybridized carbons (Fsp3) is 0. The van der Waals surface area contributed by atoms with Gasteiger partial charge in [0, 0.05) is 0 Å². The molecule has 0 aromatic heterocycles. The molecule has 0 fully saturated rings. The van der Waals surface area contributed by atoms with E-state index in [0.29, 0.717) is 0 Å². The van der Waals surface area contributed by atoms with Gasteiger partial charge in [-0.25, -0.2) is 13.6 Å². The summed E-state index contributed by atoms with van der Waals surface area (Å²) in [4.78, 5) is 12.7. The lowest BCUT2D eigenvalue weighted by molar-refractivity contribution is 0.510. The average molecular weight is 190 g/mol. The predicted octanol–water partition coefficient (Wildman–Crippen LogP) is 2.59. The lowest BCUT2D eigenvalue weighted by Gasteiger charge is -1.97. The molecule has 0 aliphatic heterocycles. The van der Waals surface area contributed by atoms with Crippen molar-refractivity contribution in [3.05, 3.63) is 28.8 Å². The second kappa shape index (κ2) is 3.43. The van der Waals surface area contributed by atoms with Gasteiger partial charge in [0.1, 0.15) is 5.69 Å². The minimum absolute atomic E-state index is 0.128. The summed E-state index contributed by atoms with van der Waals surface area (Å²) in [6.45, 7) is 0. The first-order valence-electron chi connectivity index (χ1n) is 2.88. The summed E-state index contributed by atoms with van der Waals surface area (Å²) in [5.41, 5.74) is -0.522. The molecule has 0 bridgehead atoms. The van der Waals surface area contributed by atoms with E-state index in [2.05, 4.69) is 4.99 Å². The molecule has 5 heteroatoms. The third-order valence-electron chi connectivity index (χ3n) is 1.18. The molecule has 1 aromatic rings. The topological polar surface area (TPSA) is 29.4 Å². The van der Waals surface area contributed by atoms with E-state index >= 15 is 0 Å². The fourth-order valence-corrected chi connectivity index (χ4v) is 0.853. The number of halogens is 3. The van der Waals surface area contributed by atoms with Gasteiger partial charge in [-0.2, -0.15) is 4.99 Å². The zero-order valence-electron chi connectivity index (χ0n) is 5.64. The summed E-state index contributed by atoms with van der Waals surface area (Å²) in [6, 6.07) is 1.96. The maximum absolute atomic E-state index is 12.7. The van der Waals surface area contributed by atoms with Crippen LogP contribution in [-0.2, 0) is 4.79 Å². The van der Waals surface area contributed by atoms with E-state index < -0.39 is 17.3 Å². The van der Waals surface area contributed by atoms with Crippen molar-refractivity contribution in [3.8, 4) is 0 Å². The largest absolute Gasteiger partial charge is 0.240 e. The van der Waals surface area contributed by atoms with E-state index in [1.54, 1.807) is 0 Å². The molecule has 0 spiro atoms. The molecule has 1 aromatic carbocycles. The Morgan fingerprint density at radius 3 is 2.67 bits per heavy atom. The summed E-state index contributed by atoms with van der Waals surface area (Å²) >= 11 is 5.40. The molecule has 0 aliphatic carbocycles. The van der Waals surface area contributed by atoms with Crippen molar-refractivity contribution in [1.82, 2.24) is 0 Å². The zero-order valence-corrected chi connectivity index (χ0v) is 6.40. The van der Waals surface area contributed by atoms with Gasteiger partial charge in [0.05, 0.1) is 5.02 Å². The van der Waals surface area contributed by atoms with E-state index in [1.807, 2.05) is 0 Å². The number of hydrogen-bond donors (Lipinski definition) is 0. The highest BCUT2D eigenvalue weighted by molar-refractivity contribution is 6.33. The summed E-state index contributed by atoms with van der Waals surface area (Å²) in [5, 5.41) is -0.128. The average Bonchev–Trinajstić information content (AvgIpc) is 2.06. The first kappa shape index (κ1) is 8.84. The van der Waals surface area contributed by atoms with Gasteiger partial charge in [-0.05, 0) is 12.1 Å². The molecule has 0 atom stereocenters. The van der Waals surface area contributed by atoms with Crippen molar-refractivity contribution in [3.63, 3.8) is 0 Å². The second-order valence-corrected chi connectivity index (χ2v) is 2.30. The summed E-state index contributed by atoms with van der Waals surface area (Å²) < 4.78 is 25.2. The van der Waals surface area contributed by atoms with Gasteiger partial charge >= 0.3 is 0 Å². The van der Waals surface area contributed by atoms with E-state index in [4.69, 9.17) is 11.6 Å². The van der Waals surface area contributed by atoms with Crippen LogP contribution in [0.4, 0.5) is 14.5 Å². The maximum Gasteiger partial charge on any atom is 0.240 e. The summed E-state index contributed by atoms with van der Waals surface area (Å²) in [7, 11) is 0. The number of benzene rings is 1. The van der Waals surface area contributed by atoms with Crippen LogP contribution in [0.3, 0.4) is 0 Å². The Labute approximate surface area is 71.5 Å². The van der Waals surface area contributed by atoms with Crippen molar-refractivity contribution >= 4 is 23.4 Å². The second-order valence-electron chi connectivity index (χ2n) is 1.89. The maximum atomic E-state index is 12.7. The Hall–Kier alpha value is -1.25. The SMILES string of the molecule is O=C=Nc1c(Cl)ccc(F)c1F. The molecule has 62 valence electrons. The highest BCUT2D eigenvalue weighted by atomic mass is 35.5. The van der Waals surface area contributed by atoms with Crippen LogP contribution >= 0.6 is 11.6 Å². The summed E-state index contributed by atoms with van der Waals surface area (Å²) in [6.07, 6.45) is 1.08. The van der Waals surface area contributed by atoms with Crippen molar-refractivity contribution in [1.29, 1.82) is 0 Å². The van der Waals surface area contributed by atoms with Gasteiger partial charge < -0.3 is 0 Å². The third kappa shape index (κ3) is 1.49. The molecule has 0 saturated heterocycles. The van der Waals surface area contributed by atoms with E-state index in [0.717, 1.165) is 18.2 Å². The number of isocyanates is 1. The Morgan fingerprint density at radius 1 is 1.42 bits per heavy atom. The van der Waals surface area contributed by atoms with Gasteiger partial charge in [-0.1, -0.05) is 11.6 Å². The molecule has 2 nitrogen and oxygen atoms in total. The van der Waals surface area contributed by atoms with Crippen LogP contribution in [0.5, 0.6) is 0 Å². The number of carbonyl (C=O) groups excluding carboxylic acids is 1. The van der Waals surface area contributed by atoms with E-state index in [1.165, 1.54) is 0 Å². The molecule has 0 aliphatic rings.